The molecule has 1 aromatic carbocycles. The maximum atomic E-state index is 10.9. The third-order valence-electron chi connectivity index (χ3n) is 2.75. The van der Waals surface area contributed by atoms with Crippen molar-refractivity contribution in [2.45, 2.75) is 13.5 Å². The van der Waals surface area contributed by atoms with Crippen LogP contribution in [0.5, 0.6) is 5.75 Å². The molecule has 1 heterocycles. The van der Waals surface area contributed by atoms with Gasteiger partial charge in [0.2, 0.25) is 0 Å². The molecule has 7 nitrogen and oxygen atoms in total. The zero-order chi connectivity index (χ0) is 13.8. The Morgan fingerprint density at radius 2 is 2.21 bits per heavy atom. The van der Waals surface area contributed by atoms with Gasteiger partial charge in [-0.05, 0) is 22.6 Å². The summed E-state index contributed by atoms with van der Waals surface area (Å²) in [5.41, 5.74) is 0.729. The number of carboxylic acids is 1. The number of methoxy groups -OCH3 is 1. The zero-order valence-electron chi connectivity index (χ0n) is 10.6. The van der Waals surface area contributed by atoms with Gasteiger partial charge in [-0.3, -0.25) is 4.79 Å². The lowest BCUT2D eigenvalue weighted by Crippen LogP contribution is -2.18. The summed E-state index contributed by atoms with van der Waals surface area (Å²) < 4.78 is 6.72. The van der Waals surface area contributed by atoms with Gasteiger partial charge in [0.25, 0.3) is 0 Å². The average Bonchev–Trinajstić information content (AvgIpc) is 2.86. The molecule has 2 rings (SSSR count). The van der Waals surface area contributed by atoms with Crippen LogP contribution in [0.3, 0.4) is 0 Å². The maximum Gasteiger partial charge on any atom is 0.308 e. The lowest BCUT2D eigenvalue weighted by Gasteiger charge is -2.10. The normalized spacial score (nSPS) is 12.1. The van der Waals surface area contributed by atoms with Gasteiger partial charge < -0.3 is 9.84 Å². The number of para-hydroxylation sites is 1. The number of aromatic nitrogens is 4. The molecule has 1 unspecified atom stereocenters. The highest BCUT2D eigenvalue weighted by molar-refractivity contribution is 5.69. The van der Waals surface area contributed by atoms with E-state index in [1.165, 1.54) is 4.68 Å². The van der Waals surface area contributed by atoms with Gasteiger partial charge in [0.1, 0.15) is 5.75 Å². The molecule has 0 aliphatic carbocycles. The van der Waals surface area contributed by atoms with Crippen LogP contribution in [0, 0.1) is 5.92 Å². The smallest absolute Gasteiger partial charge is 0.308 e. The van der Waals surface area contributed by atoms with Crippen molar-refractivity contribution < 1.29 is 14.6 Å². The quantitative estimate of drug-likeness (QED) is 0.866. The van der Waals surface area contributed by atoms with Crippen molar-refractivity contribution in [3.05, 3.63) is 24.3 Å². The van der Waals surface area contributed by atoms with Crippen molar-refractivity contribution in [1.82, 2.24) is 20.2 Å². The van der Waals surface area contributed by atoms with Crippen LogP contribution < -0.4 is 4.74 Å². The molecular formula is C12H14N4O3. The van der Waals surface area contributed by atoms with Crippen LogP contribution in [-0.2, 0) is 11.3 Å². The summed E-state index contributed by atoms with van der Waals surface area (Å²) in [5, 5.41) is 20.3. The minimum Gasteiger partial charge on any atom is -0.496 e. The molecular weight excluding hydrogens is 248 g/mol. The van der Waals surface area contributed by atoms with Crippen molar-refractivity contribution in [1.29, 1.82) is 0 Å². The van der Waals surface area contributed by atoms with Gasteiger partial charge >= 0.3 is 5.97 Å². The Bertz CT molecular complexity index is 582. The van der Waals surface area contributed by atoms with E-state index >= 15 is 0 Å². The molecule has 0 saturated carbocycles. The van der Waals surface area contributed by atoms with Crippen molar-refractivity contribution in [2.24, 2.45) is 5.92 Å². The van der Waals surface area contributed by atoms with Crippen molar-refractivity contribution in [2.75, 3.05) is 7.11 Å². The molecule has 0 spiro atoms. The predicted molar refractivity (Wildman–Crippen MR) is 66.6 cm³/mol. The van der Waals surface area contributed by atoms with E-state index in [-0.39, 0.29) is 6.54 Å². The molecule has 2 aromatic rings. The third-order valence-corrected chi connectivity index (χ3v) is 2.75. The Morgan fingerprint density at radius 1 is 1.47 bits per heavy atom. The lowest BCUT2D eigenvalue weighted by atomic mass is 10.1. The second-order valence-corrected chi connectivity index (χ2v) is 4.12. The summed E-state index contributed by atoms with van der Waals surface area (Å²) >= 11 is 0. The summed E-state index contributed by atoms with van der Waals surface area (Å²) in [6.45, 7) is 1.81. The molecule has 1 atom stereocenters. The van der Waals surface area contributed by atoms with Crippen LogP contribution in [0.25, 0.3) is 11.4 Å². The van der Waals surface area contributed by atoms with E-state index in [4.69, 9.17) is 9.84 Å². The molecule has 0 radical (unpaired) electrons. The van der Waals surface area contributed by atoms with Gasteiger partial charge in [-0.2, -0.15) is 0 Å². The average molecular weight is 262 g/mol. The van der Waals surface area contributed by atoms with Gasteiger partial charge in [-0.15, -0.1) is 5.10 Å². The minimum absolute atomic E-state index is 0.204. The number of carbonyl (C=O) groups is 1. The van der Waals surface area contributed by atoms with E-state index < -0.39 is 11.9 Å². The number of nitrogens with zero attached hydrogens (tertiary/aromatic N) is 4. The third kappa shape index (κ3) is 2.70. The van der Waals surface area contributed by atoms with E-state index in [9.17, 15) is 4.79 Å². The molecule has 0 bridgehead atoms. The molecule has 7 heteroatoms. The number of tetrazole rings is 1. The highest BCUT2D eigenvalue weighted by atomic mass is 16.5. The first-order valence-corrected chi connectivity index (χ1v) is 5.76. The molecule has 0 aliphatic rings. The number of rotatable bonds is 5. The van der Waals surface area contributed by atoms with Gasteiger partial charge in [0.05, 0.1) is 25.1 Å². The highest BCUT2D eigenvalue weighted by Gasteiger charge is 2.18. The molecule has 100 valence electrons. The molecule has 0 saturated heterocycles. The largest absolute Gasteiger partial charge is 0.496 e. The molecule has 0 amide bonds. The molecule has 0 fully saturated rings. The molecule has 0 aliphatic heterocycles. The topological polar surface area (TPSA) is 90.1 Å². The maximum absolute atomic E-state index is 10.9. The fourth-order valence-electron chi connectivity index (χ4n) is 1.69. The van der Waals surface area contributed by atoms with Crippen LogP contribution >= 0.6 is 0 Å². The monoisotopic (exact) mass is 262 g/mol. The number of ether oxygens (including phenoxy) is 1. The first-order valence-electron chi connectivity index (χ1n) is 5.76. The van der Waals surface area contributed by atoms with Crippen molar-refractivity contribution in [3.63, 3.8) is 0 Å². The Hall–Kier alpha value is -2.44. The fraction of sp³-hybridized carbons (Fsp3) is 0.333. The standard InChI is InChI=1S/C12H14N4O3/c1-8(12(17)18)7-16-11(13-14-15-16)9-5-3-4-6-10(9)19-2/h3-6,8H,7H2,1-2H3,(H,17,18). The van der Waals surface area contributed by atoms with Crippen molar-refractivity contribution >= 4 is 5.97 Å². The molecule has 19 heavy (non-hydrogen) atoms. The highest BCUT2D eigenvalue weighted by Crippen LogP contribution is 2.27. The van der Waals surface area contributed by atoms with E-state index in [0.29, 0.717) is 11.6 Å². The Labute approximate surface area is 109 Å². The van der Waals surface area contributed by atoms with Crippen LogP contribution in [0.1, 0.15) is 6.92 Å². The summed E-state index contributed by atoms with van der Waals surface area (Å²) in [5.74, 6) is -0.328. The fourth-order valence-corrected chi connectivity index (χ4v) is 1.69. The molecule has 1 N–H and O–H groups in total. The minimum atomic E-state index is -0.888. The summed E-state index contributed by atoms with van der Waals surface area (Å²) in [6, 6.07) is 7.31. The van der Waals surface area contributed by atoms with E-state index in [0.717, 1.165) is 5.56 Å². The van der Waals surface area contributed by atoms with Crippen LogP contribution in [0.2, 0.25) is 0 Å². The number of carboxylic acid groups (broad SMARTS) is 1. The van der Waals surface area contributed by atoms with Crippen LogP contribution in [-0.4, -0.2) is 38.4 Å². The Morgan fingerprint density at radius 3 is 2.89 bits per heavy atom. The zero-order valence-corrected chi connectivity index (χ0v) is 10.6. The van der Waals surface area contributed by atoms with Crippen LogP contribution in [0.4, 0.5) is 0 Å². The lowest BCUT2D eigenvalue weighted by molar-refractivity contribution is -0.141. The number of hydrogen-bond donors (Lipinski definition) is 1. The summed E-state index contributed by atoms with van der Waals surface area (Å²) in [7, 11) is 1.56. The number of aliphatic carboxylic acids is 1. The predicted octanol–water partition coefficient (Wildman–Crippen LogP) is 1.07. The number of hydrogen-bond acceptors (Lipinski definition) is 5. The van der Waals surface area contributed by atoms with Gasteiger partial charge in [-0.1, -0.05) is 19.1 Å². The summed E-state index contributed by atoms with van der Waals surface area (Å²) in [6.07, 6.45) is 0. The second kappa shape index (κ2) is 5.47. The van der Waals surface area contributed by atoms with Crippen molar-refractivity contribution in [3.8, 4) is 17.1 Å². The van der Waals surface area contributed by atoms with Gasteiger partial charge in [0.15, 0.2) is 5.82 Å². The van der Waals surface area contributed by atoms with Crippen LogP contribution in [0.15, 0.2) is 24.3 Å². The van der Waals surface area contributed by atoms with Gasteiger partial charge in [0, 0.05) is 0 Å². The van der Waals surface area contributed by atoms with E-state index in [1.54, 1.807) is 20.1 Å². The molecule has 1 aromatic heterocycles. The second-order valence-electron chi connectivity index (χ2n) is 4.12. The van der Waals surface area contributed by atoms with E-state index in [1.807, 2.05) is 18.2 Å². The first kappa shape index (κ1) is 13.0. The summed E-state index contributed by atoms with van der Waals surface area (Å²) in [4.78, 5) is 10.9. The number of benzene rings is 1. The van der Waals surface area contributed by atoms with E-state index in [2.05, 4.69) is 15.5 Å². The Balaban J connectivity index is 2.36. The van der Waals surface area contributed by atoms with Gasteiger partial charge in [-0.25, -0.2) is 4.68 Å². The SMILES string of the molecule is COc1ccccc1-c1nnnn1CC(C)C(=O)O. The Kier molecular flexibility index (Phi) is 3.74. The first-order chi connectivity index (χ1) is 9.13.